The number of esters is 1. The average molecular weight is 273 g/mol. The maximum absolute atomic E-state index is 11.9. The van der Waals surface area contributed by atoms with Gasteiger partial charge in [-0.05, 0) is 25.1 Å². The first-order valence-corrected chi connectivity index (χ1v) is 5.99. The highest BCUT2D eigenvalue weighted by Gasteiger charge is 2.21. The Morgan fingerprint density at radius 3 is 2.75 bits per heavy atom. The smallest absolute Gasteiger partial charge is 0.338 e. The van der Waals surface area contributed by atoms with Gasteiger partial charge in [-0.3, -0.25) is 0 Å². The predicted octanol–water partition coefficient (Wildman–Crippen LogP) is 2.56. The van der Waals surface area contributed by atoms with Crippen LogP contribution in [0.1, 0.15) is 22.8 Å². The number of hydrogen-bond donors (Lipinski definition) is 2. The number of aromatic nitrogens is 1. The lowest BCUT2D eigenvalue weighted by molar-refractivity contribution is 0.0600. The summed E-state index contributed by atoms with van der Waals surface area (Å²) in [6.07, 6.45) is 1.53. The molecule has 2 N–H and O–H groups in total. The van der Waals surface area contributed by atoms with E-state index in [1.165, 1.54) is 13.4 Å². The molecule has 0 saturated carbocycles. The maximum atomic E-state index is 11.9. The zero-order valence-corrected chi connectivity index (χ0v) is 11.5. The number of furan rings is 1. The van der Waals surface area contributed by atoms with Gasteiger partial charge < -0.3 is 19.9 Å². The highest BCUT2D eigenvalue weighted by atomic mass is 16.5. The molecule has 2 heterocycles. The number of pyridine rings is 1. The first kappa shape index (κ1) is 13.8. The molecule has 0 aliphatic carbocycles. The number of carbonyl (C=O) groups excluding carboxylic acids is 1. The molecule has 6 nitrogen and oxygen atoms in total. The average Bonchev–Trinajstić information content (AvgIpc) is 2.98. The van der Waals surface area contributed by atoms with Crippen molar-refractivity contribution in [3.63, 3.8) is 0 Å². The van der Waals surface area contributed by atoms with Gasteiger partial charge in [0.25, 0.3) is 0 Å². The maximum Gasteiger partial charge on any atom is 0.338 e. The summed E-state index contributed by atoms with van der Waals surface area (Å²) in [6.45, 7) is 1.59. The van der Waals surface area contributed by atoms with Crippen LogP contribution in [0.15, 0.2) is 28.9 Å². The van der Waals surface area contributed by atoms with Gasteiger partial charge in [-0.2, -0.15) is 0 Å². The molecule has 0 aliphatic heterocycles. The van der Waals surface area contributed by atoms with E-state index in [1.807, 2.05) is 0 Å². The molecule has 2 rings (SSSR count). The van der Waals surface area contributed by atoms with Gasteiger partial charge in [-0.15, -0.1) is 0 Å². The normalized spacial score (nSPS) is 10.2. The number of carbonyl (C=O) groups is 1. The Bertz CT molecular complexity index is 648. The molecule has 6 heteroatoms. The van der Waals surface area contributed by atoms with Gasteiger partial charge in [-0.25, -0.2) is 9.78 Å². The van der Waals surface area contributed by atoms with Crippen molar-refractivity contribution in [2.75, 3.05) is 19.5 Å². The third-order valence-electron chi connectivity index (χ3n) is 2.81. The number of ether oxygens (including phenoxy) is 1. The van der Waals surface area contributed by atoms with Crippen LogP contribution in [-0.4, -0.2) is 30.8 Å². The Labute approximate surface area is 116 Å². The molecule has 2 aromatic heterocycles. The van der Waals surface area contributed by atoms with Crippen LogP contribution in [0.25, 0.3) is 11.5 Å². The number of methoxy groups -OCH3 is 1. The van der Waals surface area contributed by atoms with Gasteiger partial charge in [0, 0.05) is 12.8 Å². The summed E-state index contributed by atoms with van der Waals surface area (Å²) in [6, 6.07) is 5.06. The van der Waals surface area contributed by atoms with Crippen LogP contribution in [0.3, 0.4) is 0 Å². The zero-order chi connectivity index (χ0) is 14.7. The van der Waals surface area contributed by atoms with Gasteiger partial charge in [-0.1, -0.05) is 0 Å². The number of nitrogens with zero attached hydrogens (tertiary/aromatic N) is 1. The molecule has 0 aliphatic rings. The minimum atomic E-state index is -0.515. The Morgan fingerprint density at radius 1 is 1.50 bits per heavy atom. The minimum absolute atomic E-state index is 0.230. The molecular formula is C14H15N3O3. The van der Waals surface area contributed by atoms with Crippen molar-refractivity contribution in [1.29, 1.82) is 5.41 Å². The lowest BCUT2D eigenvalue weighted by Crippen LogP contribution is -2.13. The van der Waals surface area contributed by atoms with E-state index in [-0.39, 0.29) is 11.3 Å². The fraction of sp³-hybridized carbons (Fsp3) is 0.214. The van der Waals surface area contributed by atoms with Crippen LogP contribution in [0, 0.1) is 5.41 Å². The lowest BCUT2D eigenvalue weighted by Gasteiger charge is -2.13. The monoisotopic (exact) mass is 273 g/mol. The third-order valence-corrected chi connectivity index (χ3v) is 2.81. The summed E-state index contributed by atoms with van der Waals surface area (Å²) in [7, 11) is 2.99. The first-order chi connectivity index (χ1) is 9.58. The molecular weight excluding hydrogens is 258 g/mol. The van der Waals surface area contributed by atoms with E-state index in [2.05, 4.69) is 10.3 Å². The van der Waals surface area contributed by atoms with Crippen LogP contribution in [0.2, 0.25) is 0 Å². The van der Waals surface area contributed by atoms with Gasteiger partial charge >= 0.3 is 5.97 Å². The summed E-state index contributed by atoms with van der Waals surface area (Å²) >= 11 is 0. The molecule has 0 bridgehead atoms. The zero-order valence-electron chi connectivity index (χ0n) is 11.5. The van der Waals surface area contributed by atoms with E-state index in [1.54, 1.807) is 32.2 Å². The summed E-state index contributed by atoms with van der Waals surface area (Å²) < 4.78 is 10.1. The number of hydrogen-bond acceptors (Lipinski definition) is 6. The quantitative estimate of drug-likeness (QED) is 0.660. The summed E-state index contributed by atoms with van der Waals surface area (Å²) in [5.41, 5.74) is 1.44. The van der Waals surface area contributed by atoms with E-state index < -0.39 is 5.97 Å². The van der Waals surface area contributed by atoms with Crippen LogP contribution >= 0.6 is 0 Å². The molecule has 0 fully saturated rings. The van der Waals surface area contributed by atoms with E-state index in [4.69, 9.17) is 14.6 Å². The van der Waals surface area contributed by atoms with Crippen molar-refractivity contribution in [3.8, 4) is 11.5 Å². The van der Waals surface area contributed by atoms with E-state index >= 15 is 0 Å². The second kappa shape index (κ2) is 5.56. The topological polar surface area (TPSA) is 88.2 Å². The summed E-state index contributed by atoms with van der Waals surface area (Å²) in [4.78, 5) is 16.3. The first-order valence-electron chi connectivity index (χ1n) is 5.99. The Balaban J connectivity index is 2.71. The van der Waals surface area contributed by atoms with Crippen molar-refractivity contribution in [1.82, 2.24) is 4.98 Å². The molecule has 0 unspecified atom stereocenters. The van der Waals surface area contributed by atoms with Gasteiger partial charge in [0.2, 0.25) is 0 Å². The SMILES string of the molecule is CNc1nc(-c2ccco2)cc(C(=O)OC)c1C(C)=N. The van der Waals surface area contributed by atoms with E-state index in [0.717, 1.165) is 0 Å². The lowest BCUT2D eigenvalue weighted by atomic mass is 10.0. The standard InChI is InChI=1S/C14H15N3O3/c1-8(15)12-9(14(18)19-3)7-10(17-13(12)16-2)11-5-4-6-20-11/h4-7,15H,1-3H3,(H,16,17). The number of nitrogens with one attached hydrogen (secondary N) is 2. The highest BCUT2D eigenvalue weighted by Crippen LogP contribution is 2.26. The third kappa shape index (κ3) is 2.40. The molecule has 0 spiro atoms. The second-order valence-corrected chi connectivity index (χ2v) is 4.12. The molecule has 0 radical (unpaired) electrons. The van der Waals surface area contributed by atoms with Crippen LogP contribution in [0.4, 0.5) is 5.82 Å². The fourth-order valence-corrected chi connectivity index (χ4v) is 1.93. The van der Waals surface area contributed by atoms with Crippen LogP contribution in [0.5, 0.6) is 0 Å². The van der Waals surface area contributed by atoms with Crippen LogP contribution < -0.4 is 5.32 Å². The van der Waals surface area contributed by atoms with Crippen molar-refractivity contribution < 1.29 is 13.9 Å². The van der Waals surface area contributed by atoms with Crippen molar-refractivity contribution in [2.24, 2.45) is 0 Å². The molecule has 104 valence electrons. The molecule has 2 aromatic rings. The largest absolute Gasteiger partial charge is 0.465 e. The number of rotatable bonds is 4. The van der Waals surface area contributed by atoms with Crippen molar-refractivity contribution in [2.45, 2.75) is 6.92 Å². The van der Waals surface area contributed by atoms with Gasteiger partial charge in [0.15, 0.2) is 5.76 Å². The predicted molar refractivity (Wildman–Crippen MR) is 75.3 cm³/mol. The summed E-state index contributed by atoms with van der Waals surface area (Å²) in [5, 5.41) is 10.7. The number of anilines is 1. The molecule has 20 heavy (non-hydrogen) atoms. The molecule has 0 saturated heterocycles. The van der Waals surface area contributed by atoms with Gasteiger partial charge in [0.1, 0.15) is 11.5 Å². The van der Waals surface area contributed by atoms with Crippen molar-refractivity contribution >= 4 is 17.5 Å². The van der Waals surface area contributed by atoms with Crippen molar-refractivity contribution in [3.05, 3.63) is 35.6 Å². The second-order valence-electron chi connectivity index (χ2n) is 4.12. The van der Waals surface area contributed by atoms with Crippen LogP contribution in [-0.2, 0) is 4.74 Å². The Hall–Kier alpha value is -2.63. The summed E-state index contributed by atoms with van der Waals surface area (Å²) in [5.74, 6) is 0.464. The van der Waals surface area contributed by atoms with Gasteiger partial charge in [0.05, 0.1) is 24.5 Å². The van der Waals surface area contributed by atoms with E-state index in [9.17, 15) is 4.79 Å². The highest BCUT2D eigenvalue weighted by molar-refractivity contribution is 6.10. The minimum Gasteiger partial charge on any atom is -0.465 e. The fourth-order valence-electron chi connectivity index (χ4n) is 1.93. The molecule has 0 amide bonds. The molecule has 0 atom stereocenters. The molecule has 0 aromatic carbocycles. The Kier molecular flexibility index (Phi) is 3.84. The van der Waals surface area contributed by atoms with E-state index in [0.29, 0.717) is 22.8 Å². The Morgan fingerprint density at radius 2 is 2.25 bits per heavy atom.